The van der Waals surface area contributed by atoms with Crippen molar-refractivity contribution in [2.24, 2.45) is 5.92 Å². The molecule has 0 saturated carbocycles. The average Bonchev–Trinajstić information content (AvgIpc) is 2.18. The van der Waals surface area contributed by atoms with Gasteiger partial charge in [0.15, 0.2) is 9.84 Å². The molecule has 100 valence electrons. The van der Waals surface area contributed by atoms with Crippen LogP contribution in [0.1, 0.15) is 19.3 Å². The summed E-state index contributed by atoms with van der Waals surface area (Å²) in [4.78, 5) is 11.3. The lowest BCUT2D eigenvalue weighted by atomic mass is 9.97. The molecule has 0 aromatic carbocycles. The molecule has 1 saturated heterocycles. The number of carbonyl (C=O) groups excluding carboxylic acids is 1. The molecule has 17 heavy (non-hydrogen) atoms. The van der Waals surface area contributed by atoms with E-state index in [0.29, 0.717) is 0 Å². The zero-order valence-corrected chi connectivity index (χ0v) is 10.1. The van der Waals surface area contributed by atoms with Crippen LogP contribution in [-0.2, 0) is 14.6 Å². The highest BCUT2D eigenvalue weighted by molar-refractivity contribution is 7.92. The van der Waals surface area contributed by atoms with Crippen molar-refractivity contribution in [1.82, 2.24) is 5.32 Å². The second kappa shape index (κ2) is 4.83. The lowest BCUT2D eigenvalue weighted by molar-refractivity contribution is -0.137. The van der Waals surface area contributed by atoms with Gasteiger partial charge in [-0.1, -0.05) is 0 Å². The van der Waals surface area contributed by atoms with Crippen molar-refractivity contribution in [2.45, 2.75) is 30.7 Å². The SMILES string of the molecule is CNC(=O)C1CCS(=O)(=O)C(CC(F)(F)F)C1. The molecule has 2 unspecified atom stereocenters. The maximum Gasteiger partial charge on any atom is 0.390 e. The van der Waals surface area contributed by atoms with Gasteiger partial charge in [-0.05, 0) is 12.8 Å². The summed E-state index contributed by atoms with van der Waals surface area (Å²) in [7, 11) is -2.35. The van der Waals surface area contributed by atoms with Gasteiger partial charge < -0.3 is 5.32 Å². The van der Waals surface area contributed by atoms with Gasteiger partial charge in [-0.3, -0.25) is 4.79 Å². The number of halogens is 3. The van der Waals surface area contributed by atoms with Crippen LogP contribution < -0.4 is 5.32 Å². The van der Waals surface area contributed by atoms with Gasteiger partial charge in [0.05, 0.1) is 17.4 Å². The van der Waals surface area contributed by atoms with Crippen LogP contribution in [0.3, 0.4) is 0 Å². The lowest BCUT2D eigenvalue weighted by Gasteiger charge is -2.28. The number of amides is 1. The van der Waals surface area contributed by atoms with E-state index in [0.717, 1.165) is 0 Å². The molecule has 4 nitrogen and oxygen atoms in total. The first-order valence-corrected chi connectivity index (χ1v) is 6.87. The van der Waals surface area contributed by atoms with Crippen molar-refractivity contribution in [3.8, 4) is 0 Å². The van der Waals surface area contributed by atoms with Crippen LogP contribution in [0.4, 0.5) is 13.2 Å². The maximum absolute atomic E-state index is 12.2. The van der Waals surface area contributed by atoms with Gasteiger partial charge >= 0.3 is 6.18 Å². The molecule has 0 aromatic rings. The molecule has 1 amide bonds. The van der Waals surface area contributed by atoms with E-state index < -0.39 is 39.5 Å². The van der Waals surface area contributed by atoms with Gasteiger partial charge in [0, 0.05) is 13.0 Å². The molecule has 0 radical (unpaired) electrons. The van der Waals surface area contributed by atoms with E-state index in [1.54, 1.807) is 0 Å². The van der Waals surface area contributed by atoms with E-state index in [1.165, 1.54) is 7.05 Å². The minimum Gasteiger partial charge on any atom is -0.359 e. The van der Waals surface area contributed by atoms with Crippen molar-refractivity contribution in [3.63, 3.8) is 0 Å². The van der Waals surface area contributed by atoms with Crippen LogP contribution in [-0.4, -0.2) is 38.6 Å². The molecule has 1 heterocycles. The summed E-state index contributed by atoms with van der Waals surface area (Å²) >= 11 is 0. The van der Waals surface area contributed by atoms with Crippen molar-refractivity contribution in [1.29, 1.82) is 0 Å². The van der Waals surface area contributed by atoms with Crippen LogP contribution in [0.25, 0.3) is 0 Å². The highest BCUT2D eigenvalue weighted by Crippen LogP contribution is 2.33. The topological polar surface area (TPSA) is 63.2 Å². The molecule has 8 heteroatoms. The molecule has 1 rings (SSSR count). The van der Waals surface area contributed by atoms with Crippen molar-refractivity contribution in [3.05, 3.63) is 0 Å². The van der Waals surface area contributed by atoms with Gasteiger partial charge in [0.1, 0.15) is 0 Å². The van der Waals surface area contributed by atoms with E-state index in [-0.39, 0.29) is 18.6 Å². The predicted octanol–water partition coefficient (Wildman–Crippen LogP) is 0.878. The first kappa shape index (κ1) is 14.3. The molecule has 0 bridgehead atoms. The number of hydrogen-bond donors (Lipinski definition) is 1. The Balaban J connectivity index is 2.80. The number of carbonyl (C=O) groups is 1. The van der Waals surface area contributed by atoms with Crippen LogP contribution in [0.5, 0.6) is 0 Å². The molecule has 0 spiro atoms. The molecule has 1 fully saturated rings. The van der Waals surface area contributed by atoms with Crippen LogP contribution in [0.2, 0.25) is 0 Å². The predicted molar refractivity (Wildman–Crippen MR) is 55.0 cm³/mol. The van der Waals surface area contributed by atoms with Gasteiger partial charge in [-0.2, -0.15) is 13.2 Å². The van der Waals surface area contributed by atoms with E-state index in [1.807, 2.05) is 0 Å². The molecule has 0 aromatic heterocycles. The average molecular weight is 273 g/mol. The lowest BCUT2D eigenvalue weighted by Crippen LogP contribution is -2.41. The first-order chi connectivity index (χ1) is 7.65. The number of rotatable bonds is 2. The fourth-order valence-corrected chi connectivity index (χ4v) is 3.88. The van der Waals surface area contributed by atoms with Gasteiger partial charge in [-0.15, -0.1) is 0 Å². The monoisotopic (exact) mass is 273 g/mol. The number of hydrogen-bond acceptors (Lipinski definition) is 3. The van der Waals surface area contributed by atoms with E-state index in [2.05, 4.69) is 5.32 Å². The van der Waals surface area contributed by atoms with Crippen molar-refractivity contribution < 1.29 is 26.4 Å². The Kier molecular flexibility index (Phi) is 4.06. The highest BCUT2D eigenvalue weighted by atomic mass is 32.2. The molecule has 1 N–H and O–H groups in total. The first-order valence-electron chi connectivity index (χ1n) is 5.15. The summed E-state index contributed by atoms with van der Waals surface area (Å²) < 4.78 is 59.7. The fourth-order valence-electron chi connectivity index (χ4n) is 1.97. The number of alkyl halides is 3. The molecular formula is C9H14F3NO3S. The molecule has 1 aliphatic rings. The Bertz CT molecular complexity index is 391. The van der Waals surface area contributed by atoms with E-state index >= 15 is 0 Å². The molecular weight excluding hydrogens is 259 g/mol. The minimum absolute atomic E-state index is 0.0936. The van der Waals surface area contributed by atoms with Gasteiger partial charge in [0.25, 0.3) is 0 Å². The largest absolute Gasteiger partial charge is 0.390 e. The third-order valence-corrected chi connectivity index (χ3v) is 5.06. The normalized spacial score (nSPS) is 28.7. The fraction of sp³-hybridized carbons (Fsp3) is 0.889. The van der Waals surface area contributed by atoms with Crippen molar-refractivity contribution in [2.75, 3.05) is 12.8 Å². The second-order valence-electron chi connectivity index (χ2n) is 4.14. The van der Waals surface area contributed by atoms with E-state index in [4.69, 9.17) is 0 Å². The summed E-state index contributed by atoms with van der Waals surface area (Å²) in [5, 5.41) is 0.843. The van der Waals surface area contributed by atoms with Crippen molar-refractivity contribution >= 4 is 15.7 Å². The number of nitrogens with one attached hydrogen (secondary N) is 1. The third kappa shape index (κ3) is 3.86. The van der Waals surface area contributed by atoms with Crippen LogP contribution >= 0.6 is 0 Å². The summed E-state index contributed by atoms with van der Waals surface area (Å²) in [6, 6.07) is 0. The standard InChI is InChI=1S/C9H14F3NO3S/c1-13-8(14)6-2-3-17(15,16)7(4-6)5-9(10,11)12/h6-7H,2-5H2,1H3,(H,13,14). The van der Waals surface area contributed by atoms with E-state index in [9.17, 15) is 26.4 Å². The smallest absolute Gasteiger partial charge is 0.359 e. The summed E-state index contributed by atoms with van der Waals surface area (Å²) in [6.45, 7) is 0. The Hall–Kier alpha value is -0.790. The summed E-state index contributed by atoms with van der Waals surface area (Å²) in [5.74, 6) is -1.39. The molecule has 2 atom stereocenters. The Morgan fingerprint density at radius 2 is 2.00 bits per heavy atom. The Morgan fingerprint density at radius 3 is 2.47 bits per heavy atom. The number of sulfone groups is 1. The molecule has 0 aliphatic carbocycles. The molecule has 1 aliphatic heterocycles. The maximum atomic E-state index is 12.2. The Labute approximate surface area is 97.5 Å². The second-order valence-corrected chi connectivity index (χ2v) is 6.54. The summed E-state index contributed by atoms with van der Waals surface area (Å²) in [5.41, 5.74) is 0. The van der Waals surface area contributed by atoms with Gasteiger partial charge in [0.2, 0.25) is 5.91 Å². The minimum atomic E-state index is -4.53. The zero-order valence-electron chi connectivity index (χ0n) is 9.25. The summed E-state index contributed by atoms with van der Waals surface area (Å²) in [6.07, 6.45) is -6.05. The zero-order chi connectivity index (χ0) is 13.3. The quantitative estimate of drug-likeness (QED) is 0.812. The van der Waals surface area contributed by atoms with Crippen LogP contribution in [0.15, 0.2) is 0 Å². The highest BCUT2D eigenvalue weighted by Gasteiger charge is 2.43. The third-order valence-electron chi connectivity index (χ3n) is 2.88. The van der Waals surface area contributed by atoms with Gasteiger partial charge in [-0.25, -0.2) is 8.42 Å². The van der Waals surface area contributed by atoms with Crippen LogP contribution in [0, 0.1) is 5.92 Å². The Morgan fingerprint density at radius 1 is 1.41 bits per heavy atom.